The number of ether oxygens (including phenoxy) is 1. The normalized spacial score (nSPS) is 18.9. The van der Waals surface area contributed by atoms with Gasteiger partial charge in [0.2, 0.25) is 0 Å². The van der Waals surface area contributed by atoms with Crippen LogP contribution in [-0.4, -0.2) is 43.7 Å². The molecular weight excluding hydrogens is 332 g/mol. The molecule has 2 aromatic rings. The maximum atomic E-state index is 5.97. The third-order valence-electron chi connectivity index (χ3n) is 5.38. The third-order valence-corrected chi connectivity index (χ3v) is 5.38. The Kier molecular flexibility index (Phi) is 6.57. The quantitative estimate of drug-likeness (QED) is 0.804. The van der Waals surface area contributed by atoms with Crippen molar-refractivity contribution in [1.82, 2.24) is 10.2 Å². The summed E-state index contributed by atoms with van der Waals surface area (Å²) >= 11 is 0. The highest BCUT2D eigenvalue weighted by Gasteiger charge is 2.24. The van der Waals surface area contributed by atoms with Crippen LogP contribution in [0.1, 0.15) is 25.7 Å². The lowest BCUT2D eigenvalue weighted by atomic mass is 10.0. The van der Waals surface area contributed by atoms with E-state index in [0.29, 0.717) is 0 Å². The molecule has 25 heavy (non-hydrogen) atoms. The third kappa shape index (κ3) is 5.34. The second-order valence-electron chi connectivity index (χ2n) is 7.32. The molecule has 0 radical (unpaired) electrons. The van der Waals surface area contributed by atoms with Crippen LogP contribution in [0.2, 0.25) is 0 Å². The number of fused-ring (bicyclic) bond motifs is 1. The zero-order chi connectivity index (χ0) is 16.2. The molecule has 0 bridgehead atoms. The number of hydrogen-bond donors (Lipinski definition) is 1. The van der Waals surface area contributed by atoms with Crippen LogP contribution in [0.5, 0.6) is 5.75 Å². The van der Waals surface area contributed by atoms with E-state index in [0.717, 1.165) is 30.9 Å². The summed E-state index contributed by atoms with van der Waals surface area (Å²) < 4.78 is 5.97. The molecule has 0 aromatic heterocycles. The summed E-state index contributed by atoms with van der Waals surface area (Å²) in [4.78, 5) is 2.54. The van der Waals surface area contributed by atoms with Gasteiger partial charge >= 0.3 is 0 Å². The van der Waals surface area contributed by atoms with Crippen molar-refractivity contribution in [3.05, 3.63) is 42.5 Å². The molecule has 3 nitrogen and oxygen atoms in total. The van der Waals surface area contributed by atoms with Gasteiger partial charge in [0.15, 0.2) is 0 Å². The summed E-state index contributed by atoms with van der Waals surface area (Å²) in [6.45, 7) is 5.45. The highest BCUT2D eigenvalue weighted by molar-refractivity contribution is 5.85. The number of likely N-dealkylation sites (tertiary alicyclic amines) is 1. The Balaban J connectivity index is 0.00000182. The van der Waals surface area contributed by atoms with Gasteiger partial charge in [0.05, 0.1) is 0 Å². The van der Waals surface area contributed by atoms with E-state index in [9.17, 15) is 0 Å². The summed E-state index contributed by atoms with van der Waals surface area (Å²) in [6.07, 6.45) is 5.45. The minimum Gasteiger partial charge on any atom is -0.492 e. The molecule has 1 saturated carbocycles. The first-order valence-corrected chi connectivity index (χ1v) is 9.44. The van der Waals surface area contributed by atoms with Gasteiger partial charge in [0.25, 0.3) is 0 Å². The van der Waals surface area contributed by atoms with Crippen molar-refractivity contribution < 1.29 is 4.74 Å². The number of rotatable bonds is 7. The molecule has 2 aliphatic rings. The van der Waals surface area contributed by atoms with E-state index in [4.69, 9.17) is 4.74 Å². The maximum absolute atomic E-state index is 5.97. The average Bonchev–Trinajstić information content (AvgIpc) is 3.45. The summed E-state index contributed by atoms with van der Waals surface area (Å²) in [6, 6.07) is 15.5. The monoisotopic (exact) mass is 360 g/mol. The van der Waals surface area contributed by atoms with Crippen molar-refractivity contribution in [2.24, 2.45) is 5.92 Å². The average molecular weight is 361 g/mol. The van der Waals surface area contributed by atoms with Gasteiger partial charge in [-0.2, -0.15) is 0 Å². The Bertz CT molecular complexity index is 666. The number of nitrogens with one attached hydrogen (secondary N) is 1. The predicted molar refractivity (Wildman–Crippen MR) is 107 cm³/mol. The molecule has 136 valence electrons. The highest BCUT2D eigenvalue weighted by Crippen LogP contribution is 2.28. The van der Waals surface area contributed by atoms with Crippen LogP contribution in [0.4, 0.5) is 0 Å². The van der Waals surface area contributed by atoms with Gasteiger partial charge in [0.1, 0.15) is 12.4 Å². The number of piperidine rings is 1. The van der Waals surface area contributed by atoms with Crippen LogP contribution in [0, 0.1) is 5.92 Å². The fourth-order valence-electron chi connectivity index (χ4n) is 3.57. The first kappa shape index (κ1) is 18.5. The number of halogens is 1. The van der Waals surface area contributed by atoms with E-state index >= 15 is 0 Å². The van der Waals surface area contributed by atoms with Gasteiger partial charge in [-0.3, -0.25) is 4.90 Å². The zero-order valence-electron chi connectivity index (χ0n) is 14.8. The van der Waals surface area contributed by atoms with Crippen LogP contribution < -0.4 is 10.1 Å². The van der Waals surface area contributed by atoms with E-state index in [1.54, 1.807) is 0 Å². The number of nitrogens with zero attached hydrogens (tertiary/aromatic N) is 1. The second kappa shape index (κ2) is 8.88. The molecule has 0 spiro atoms. The van der Waals surface area contributed by atoms with E-state index in [1.807, 2.05) is 0 Å². The summed E-state index contributed by atoms with van der Waals surface area (Å²) in [5.41, 5.74) is 0. The summed E-state index contributed by atoms with van der Waals surface area (Å²) in [5, 5.41) is 6.26. The summed E-state index contributed by atoms with van der Waals surface area (Å²) in [5.74, 6) is 1.97. The fraction of sp³-hybridized carbons (Fsp3) is 0.524. The number of benzene rings is 2. The van der Waals surface area contributed by atoms with E-state index in [1.165, 1.54) is 56.1 Å². The Morgan fingerprint density at radius 1 is 0.960 bits per heavy atom. The van der Waals surface area contributed by atoms with Crippen LogP contribution in [0.3, 0.4) is 0 Å². The maximum Gasteiger partial charge on any atom is 0.120 e. The van der Waals surface area contributed by atoms with E-state index in [-0.39, 0.29) is 12.4 Å². The molecule has 2 fully saturated rings. The van der Waals surface area contributed by atoms with Crippen LogP contribution in [0.15, 0.2) is 42.5 Å². The molecule has 1 saturated heterocycles. The smallest absolute Gasteiger partial charge is 0.120 e. The number of hydrogen-bond acceptors (Lipinski definition) is 3. The Hall–Kier alpha value is -1.29. The van der Waals surface area contributed by atoms with Gasteiger partial charge < -0.3 is 10.1 Å². The Morgan fingerprint density at radius 2 is 1.72 bits per heavy atom. The van der Waals surface area contributed by atoms with Gasteiger partial charge in [-0.25, -0.2) is 0 Å². The molecule has 1 N–H and O–H groups in total. The van der Waals surface area contributed by atoms with E-state index in [2.05, 4.69) is 52.7 Å². The first-order chi connectivity index (χ1) is 11.9. The molecule has 0 atom stereocenters. The van der Waals surface area contributed by atoms with Crippen LogP contribution >= 0.6 is 12.4 Å². The SMILES string of the molecule is Cl.c1ccc2cc(OCCN3CCC(NCC4CC4)CC3)ccc2c1. The van der Waals surface area contributed by atoms with Gasteiger partial charge in [0, 0.05) is 12.6 Å². The van der Waals surface area contributed by atoms with Crippen molar-refractivity contribution in [2.75, 3.05) is 32.8 Å². The molecule has 2 aromatic carbocycles. The van der Waals surface area contributed by atoms with Crippen molar-refractivity contribution in [2.45, 2.75) is 31.7 Å². The molecular formula is C21H29ClN2O. The van der Waals surface area contributed by atoms with Crippen molar-refractivity contribution in [3.63, 3.8) is 0 Å². The fourth-order valence-corrected chi connectivity index (χ4v) is 3.57. The topological polar surface area (TPSA) is 24.5 Å². The lowest BCUT2D eigenvalue weighted by Crippen LogP contribution is -2.44. The molecule has 0 amide bonds. The van der Waals surface area contributed by atoms with Gasteiger partial charge in [-0.05, 0) is 74.1 Å². The standard InChI is InChI=1S/C21H28N2O.ClH/c1-2-4-19-15-21(8-7-18(19)3-1)24-14-13-23-11-9-20(10-12-23)22-16-17-5-6-17;/h1-4,7-8,15,17,20,22H,5-6,9-14,16H2;1H. The van der Waals surface area contributed by atoms with Crippen LogP contribution in [0.25, 0.3) is 10.8 Å². The van der Waals surface area contributed by atoms with Gasteiger partial charge in [-0.15, -0.1) is 12.4 Å². The lowest BCUT2D eigenvalue weighted by Gasteiger charge is -2.32. The first-order valence-electron chi connectivity index (χ1n) is 9.44. The predicted octanol–water partition coefficient (Wildman–Crippen LogP) is 4.10. The van der Waals surface area contributed by atoms with Crippen molar-refractivity contribution in [3.8, 4) is 5.75 Å². The highest BCUT2D eigenvalue weighted by atomic mass is 35.5. The molecule has 1 aliphatic carbocycles. The summed E-state index contributed by atoms with van der Waals surface area (Å²) in [7, 11) is 0. The largest absolute Gasteiger partial charge is 0.492 e. The van der Waals surface area contributed by atoms with Crippen molar-refractivity contribution >= 4 is 23.2 Å². The van der Waals surface area contributed by atoms with Gasteiger partial charge in [-0.1, -0.05) is 30.3 Å². The Labute approximate surface area is 157 Å². The van der Waals surface area contributed by atoms with E-state index < -0.39 is 0 Å². The zero-order valence-corrected chi connectivity index (χ0v) is 15.6. The second-order valence-corrected chi connectivity index (χ2v) is 7.32. The minimum atomic E-state index is 0. The molecule has 0 unspecified atom stereocenters. The molecule has 4 rings (SSSR count). The van der Waals surface area contributed by atoms with Crippen molar-refractivity contribution in [1.29, 1.82) is 0 Å². The lowest BCUT2D eigenvalue weighted by molar-refractivity contribution is 0.164. The van der Waals surface area contributed by atoms with Crippen LogP contribution in [-0.2, 0) is 0 Å². The molecule has 1 aliphatic heterocycles. The molecule has 4 heteroatoms. The Morgan fingerprint density at radius 3 is 2.48 bits per heavy atom. The minimum absolute atomic E-state index is 0. The molecule has 1 heterocycles.